The summed E-state index contributed by atoms with van der Waals surface area (Å²) in [5.74, 6) is 0. The molecule has 0 amide bonds. The Morgan fingerprint density at radius 2 is 2.15 bits per heavy atom. The van der Waals surface area contributed by atoms with Crippen molar-refractivity contribution < 1.29 is 4.74 Å². The smallest absolute Gasteiger partial charge is 0.0811 e. The van der Waals surface area contributed by atoms with E-state index in [0.717, 1.165) is 37.1 Å². The zero-order valence-electron chi connectivity index (χ0n) is 12.2. The Kier molecular flexibility index (Phi) is 3.72. The monoisotopic (exact) mass is 270 g/mol. The summed E-state index contributed by atoms with van der Waals surface area (Å²) in [6.07, 6.45) is 3.17. The molecule has 0 spiro atoms. The molecule has 1 aliphatic rings. The van der Waals surface area contributed by atoms with Crippen molar-refractivity contribution in [1.82, 2.24) is 10.3 Å². The third kappa shape index (κ3) is 2.56. The summed E-state index contributed by atoms with van der Waals surface area (Å²) in [5.41, 5.74) is 2.12. The van der Waals surface area contributed by atoms with Gasteiger partial charge in [0.05, 0.1) is 11.1 Å². The lowest BCUT2D eigenvalue weighted by atomic mass is 9.89. The Bertz CT molecular complexity index is 590. The lowest BCUT2D eigenvalue weighted by Crippen LogP contribution is -2.48. The van der Waals surface area contributed by atoms with E-state index in [1.165, 1.54) is 5.39 Å². The van der Waals surface area contributed by atoms with Crippen LogP contribution in [-0.4, -0.2) is 30.3 Å². The van der Waals surface area contributed by atoms with E-state index < -0.39 is 0 Å². The number of nitrogens with one attached hydrogen (secondary N) is 1. The molecule has 1 saturated heterocycles. The number of benzene rings is 1. The van der Waals surface area contributed by atoms with Crippen LogP contribution in [0.2, 0.25) is 0 Å². The second-order valence-corrected chi connectivity index (χ2v) is 5.81. The average molecular weight is 270 g/mol. The zero-order valence-corrected chi connectivity index (χ0v) is 12.2. The van der Waals surface area contributed by atoms with Crippen molar-refractivity contribution >= 4 is 10.9 Å². The van der Waals surface area contributed by atoms with Gasteiger partial charge in [-0.2, -0.15) is 0 Å². The molecule has 0 aliphatic carbocycles. The second-order valence-electron chi connectivity index (χ2n) is 5.81. The number of pyridine rings is 1. The van der Waals surface area contributed by atoms with Crippen molar-refractivity contribution in [3.63, 3.8) is 0 Å². The molecule has 3 nitrogen and oxygen atoms in total. The fourth-order valence-corrected chi connectivity index (χ4v) is 3.13. The number of hydrogen-bond acceptors (Lipinski definition) is 3. The normalized spacial score (nSPS) is 24.1. The molecule has 20 heavy (non-hydrogen) atoms. The molecular weight excluding hydrogens is 248 g/mol. The number of likely N-dealkylation sites (N-methyl/N-ethyl adjacent to an activating group) is 1. The van der Waals surface area contributed by atoms with Gasteiger partial charge in [0.15, 0.2) is 0 Å². The molecule has 2 heterocycles. The van der Waals surface area contributed by atoms with Gasteiger partial charge in [-0.25, -0.2) is 0 Å². The summed E-state index contributed by atoms with van der Waals surface area (Å²) < 4.78 is 5.96. The third-order valence-corrected chi connectivity index (χ3v) is 4.40. The molecule has 2 aromatic rings. The van der Waals surface area contributed by atoms with E-state index >= 15 is 0 Å². The Balaban J connectivity index is 1.83. The van der Waals surface area contributed by atoms with E-state index in [2.05, 4.69) is 36.5 Å². The van der Waals surface area contributed by atoms with Gasteiger partial charge >= 0.3 is 0 Å². The maximum Gasteiger partial charge on any atom is 0.0811 e. The minimum atomic E-state index is -0.0674. The largest absolute Gasteiger partial charge is 0.374 e. The van der Waals surface area contributed by atoms with Crippen LogP contribution in [0.5, 0.6) is 0 Å². The van der Waals surface area contributed by atoms with Crippen molar-refractivity contribution in [2.75, 3.05) is 13.7 Å². The van der Waals surface area contributed by atoms with Crippen LogP contribution in [0, 0.1) is 0 Å². The van der Waals surface area contributed by atoms with E-state index in [4.69, 9.17) is 9.72 Å². The molecule has 1 fully saturated rings. The summed E-state index contributed by atoms with van der Waals surface area (Å²) in [7, 11) is 2.01. The lowest BCUT2D eigenvalue weighted by Gasteiger charge is -2.33. The van der Waals surface area contributed by atoms with Gasteiger partial charge in [0, 0.05) is 30.1 Å². The number of hydrogen-bond donors (Lipinski definition) is 1. The van der Waals surface area contributed by atoms with Crippen LogP contribution in [0.15, 0.2) is 36.4 Å². The maximum atomic E-state index is 5.96. The second kappa shape index (κ2) is 5.51. The molecular formula is C17H22N2O. The molecule has 1 aliphatic heterocycles. The molecule has 2 unspecified atom stereocenters. The SMILES string of the molecule is CNC(Cc1ccc2ccccc2n1)C1(C)CCCO1. The highest BCUT2D eigenvalue weighted by Gasteiger charge is 2.37. The Morgan fingerprint density at radius 1 is 1.30 bits per heavy atom. The first-order valence-electron chi connectivity index (χ1n) is 7.37. The molecule has 0 bridgehead atoms. The van der Waals surface area contributed by atoms with Crippen molar-refractivity contribution in [2.45, 2.75) is 37.8 Å². The first-order valence-corrected chi connectivity index (χ1v) is 7.37. The summed E-state index contributed by atoms with van der Waals surface area (Å²) in [6.45, 7) is 3.09. The summed E-state index contributed by atoms with van der Waals surface area (Å²) in [6, 6.07) is 12.8. The number of nitrogens with zero attached hydrogens (tertiary/aromatic N) is 1. The van der Waals surface area contributed by atoms with Gasteiger partial charge in [-0.3, -0.25) is 4.98 Å². The first-order chi connectivity index (χ1) is 9.71. The zero-order chi connectivity index (χ0) is 14.0. The van der Waals surface area contributed by atoms with Crippen molar-refractivity contribution in [2.24, 2.45) is 0 Å². The molecule has 2 atom stereocenters. The number of aromatic nitrogens is 1. The van der Waals surface area contributed by atoms with Gasteiger partial charge in [0.25, 0.3) is 0 Å². The van der Waals surface area contributed by atoms with Gasteiger partial charge in [-0.1, -0.05) is 24.3 Å². The molecule has 106 valence electrons. The predicted octanol–water partition coefficient (Wildman–Crippen LogP) is 2.93. The quantitative estimate of drug-likeness (QED) is 0.927. The maximum absolute atomic E-state index is 5.96. The lowest BCUT2D eigenvalue weighted by molar-refractivity contribution is -0.00965. The Hall–Kier alpha value is -1.45. The van der Waals surface area contributed by atoms with Crippen molar-refractivity contribution in [1.29, 1.82) is 0 Å². The molecule has 1 aromatic carbocycles. The minimum absolute atomic E-state index is 0.0674. The van der Waals surface area contributed by atoms with E-state index in [-0.39, 0.29) is 5.60 Å². The van der Waals surface area contributed by atoms with Crippen LogP contribution < -0.4 is 5.32 Å². The molecule has 3 heteroatoms. The highest BCUT2D eigenvalue weighted by Crippen LogP contribution is 2.30. The summed E-state index contributed by atoms with van der Waals surface area (Å²) >= 11 is 0. The summed E-state index contributed by atoms with van der Waals surface area (Å²) in [4.78, 5) is 4.77. The topological polar surface area (TPSA) is 34.2 Å². The fraction of sp³-hybridized carbons (Fsp3) is 0.471. The van der Waals surface area contributed by atoms with Gasteiger partial charge in [0.1, 0.15) is 0 Å². The number of rotatable bonds is 4. The van der Waals surface area contributed by atoms with Crippen LogP contribution in [0.1, 0.15) is 25.5 Å². The van der Waals surface area contributed by atoms with Crippen LogP contribution in [0.25, 0.3) is 10.9 Å². The summed E-state index contributed by atoms with van der Waals surface area (Å²) in [5, 5.41) is 4.61. The van der Waals surface area contributed by atoms with Crippen molar-refractivity contribution in [3.8, 4) is 0 Å². The fourth-order valence-electron chi connectivity index (χ4n) is 3.13. The van der Waals surface area contributed by atoms with E-state index in [0.29, 0.717) is 6.04 Å². The third-order valence-electron chi connectivity index (χ3n) is 4.40. The molecule has 0 radical (unpaired) electrons. The van der Waals surface area contributed by atoms with Crippen molar-refractivity contribution in [3.05, 3.63) is 42.1 Å². The van der Waals surface area contributed by atoms with Gasteiger partial charge < -0.3 is 10.1 Å². The number of para-hydroxylation sites is 1. The number of ether oxygens (including phenoxy) is 1. The van der Waals surface area contributed by atoms with Crippen LogP contribution in [0.3, 0.4) is 0 Å². The Morgan fingerprint density at radius 3 is 2.90 bits per heavy atom. The number of fused-ring (bicyclic) bond motifs is 1. The molecule has 0 saturated carbocycles. The average Bonchev–Trinajstić information content (AvgIpc) is 2.92. The standard InChI is InChI=1S/C17H22N2O/c1-17(10-5-11-20-17)16(18-2)12-14-9-8-13-6-3-4-7-15(13)19-14/h3-4,6-9,16,18H,5,10-12H2,1-2H3. The van der Waals surface area contributed by atoms with E-state index in [1.54, 1.807) is 0 Å². The van der Waals surface area contributed by atoms with Gasteiger partial charge in [-0.05, 0) is 38.9 Å². The van der Waals surface area contributed by atoms with Crippen LogP contribution in [-0.2, 0) is 11.2 Å². The minimum Gasteiger partial charge on any atom is -0.374 e. The van der Waals surface area contributed by atoms with E-state index in [9.17, 15) is 0 Å². The van der Waals surface area contributed by atoms with Crippen LogP contribution >= 0.6 is 0 Å². The predicted molar refractivity (Wildman–Crippen MR) is 81.9 cm³/mol. The highest BCUT2D eigenvalue weighted by atomic mass is 16.5. The van der Waals surface area contributed by atoms with Gasteiger partial charge in [0.2, 0.25) is 0 Å². The molecule has 1 N–H and O–H groups in total. The molecule has 1 aromatic heterocycles. The highest BCUT2D eigenvalue weighted by molar-refractivity contribution is 5.78. The first kappa shape index (κ1) is 13.5. The van der Waals surface area contributed by atoms with Crippen LogP contribution in [0.4, 0.5) is 0 Å². The van der Waals surface area contributed by atoms with Gasteiger partial charge in [-0.15, -0.1) is 0 Å². The Labute approximate surface area is 120 Å². The van der Waals surface area contributed by atoms with E-state index in [1.807, 2.05) is 19.2 Å². The molecule has 3 rings (SSSR count).